The van der Waals surface area contributed by atoms with E-state index in [2.05, 4.69) is 32.2 Å². The van der Waals surface area contributed by atoms with Crippen LogP contribution < -0.4 is 0 Å². The number of Topliss-reactive ketones (excluding diaryl/α,β-unsaturated/α-hetero) is 1. The lowest BCUT2D eigenvalue weighted by molar-refractivity contribution is -0.122. The van der Waals surface area contributed by atoms with Crippen LogP contribution in [0.2, 0.25) is 0 Å². The molecule has 0 radical (unpaired) electrons. The average molecular weight is 236 g/mol. The van der Waals surface area contributed by atoms with Gasteiger partial charge < -0.3 is 0 Å². The Kier molecular flexibility index (Phi) is 3.20. The van der Waals surface area contributed by atoms with E-state index in [1.54, 1.807) is 0 Å². The summed E-state index contributed by atoms with van der Waals surface area (Å²) in [5.41, 5.74) is 1.44. The first-order valence-electron chi connectivity index (χ1n) is 6.06. The van der Waals surface area contributed by atoms with Gasteiger partial charge in [-0.15, -0.1) is 11.3 Å². The zero-order chi connectivity index (χ0) is 11.8. The smallest absolute Gasteiger partial charge is 0.140 e. The predicted octanol–water partition coefficient (Wildman–Crippen LogP) is 4.17. The van der Waals surface area contributed by atoms with Crippen LogP contribution in [-0.2, 0) is 11.2 Å². The van der Waals surface area contributed by atoms with E-state index in [1.807, 2.05) is 11.3 Å². The fourth-order valence-electron chi connectivity index (χ4n) is 2.47. The number of thiophene rings is 1. The molecular weight excluding hydrogens is 216 g/mol. The van der Waals surface area contributed by atoms with Gasteiger partial charge in [0.15, 0.2) is 0 Å². The fourth-order valence-corrected chi connectivity index (χ4v) is 3.45. The van der Waals surface area contributed by atoms with E-state index >= 15 is 0 Å². The first-order valence-corrected chi connectivity index (χ1v) is 6.94. The largest absolute Gasteiger partial charge is 0.299 e. The van der Waals surface area contributed by atoms with E-state index in [0.29, 0.717) is 12.2 Å². The summed E-state index contributed by atoms with van der Waals surface area (Å²) < 4.78 is 0. The molecule has 0 aromatic carbocycles. The van der Waals surface area contributed by atoms with Crippen molar-refractivity contribution >= 4 is 17.1 Å². The molecule has 2 heteroatoms. The normalized spacial score (nSPS) is 20.6. The molecule has 88 valence electrons. The lowest BCUT2D eigenvalue weighted by Crippen LogP contribution is -2.22. The van der Waals surface area contributed by atoms with Gasteiger partial charge in [-0.2, -0.15) is 0 Å². The summed E-state index contributed by atoms with van der Waals surface area (Å²) in [4.78, 5) is 13.7. The van der Waals surface area contributed by atoms with Crippen molar-refractivity contribution in [3.8, 4) is 0 Å². The van der Waals surface area contributed by atoms with Crippen LogP contribution in [0.3, 0.4) is 0 Å². The number of ketones is 1. The molecule has 1 aromatic rings. The summed E-state index contributed by atoms with van der Waals surface area (Å²) in [6, 6.07) is 2.16. The molecule has 1 aliphatic rings. The van der Waals surface area contributed by atoms with Crippen LogP contribution in [0, 0.1) is 5.41 Å². The minimum atomic E-state index is 0.116. The van der Waals surface area contributed by atoms with Crippen molar-refractivity contribution in [2.45, 2.75) is 52.4 Å². The maximum atomic E-state index is 12.3. The van der Waals surface area contributed by atoms with Gasteiger partial charge in [-0.05, 0) is 41.7 Å². The number of carbonyl (C=O) groups excluding carboxylic acids is 1. The summed E-state index contributed by atoms with van der Waals surface area (Å²) in [6.07, 6.45) is 4.10. The van der Waals surface area contributed by atoms with Gasteiger partial charge in [0.2, 0.25) is 0 Å². The van der Waals surface area contributed by atoms with Crippen LogP contribution in [-0.4, -0.2) is 5.78 Å². The van der Waals surface area contributed by atoms with Crippen LogP contribution in [0.1, 0.15) is 56.4 Å². The highest BCUT2D eigenvalue weighted by Gasteiger charge is 2.29. The molecule has 0 N–H and O–H groups in total. The molecule has 0 spiro atoms. The molecule has 1 aliphatic carbocycles. The summed E-state index contributed by atoms with van der Waals surface area (Å²) in [6.45, 7) is 6.42. The molecule has 0 amide bonds. The molecule has 1 unspecified atom stereocenters. The van der Waals surface area contributed by atoms with Gasteiger partial charge in [-0.1, -0.05) is 20.8 Å². The summed E-state index contributed by atoms with van der Waals surface area (Å²) in [5, 5.41) is 2.13. The molecule has 0 saturated heterocycles. The zero-order valence-electron chi connectivity index (χ0n) is 10.4. The third kappa shape index (κ3) is 2.54. The van der Waals surface area contributed by atoms with Crippen LogP contribution in [0.25, 0.3) is 0 Å². The van der Waals surface area contributed by atoms with Crippen LogP contribution >= 0.6 is 11.3 Å². The summed E-state index contributed by atoms with van der Waals surface area (Å²) in [5.74, 6) is 0.626. The standard InChI is InChI=1S/C14H20OS/c1-14(2,3)9-12(15)10-5-4-6-13-11(10)7-8-16-13/h7-8,10H,4-6,9H2,1-3H3. The van der Waals surface area contributed by atoms with Gasteiger partial charge in [0.25, 0.3) is 0 Å². The van der Waals surface area contributed by atoms with E-state index in [0.717, 1.165) is 6.42 Å². The molecule has 0 saturated carbocycles. The fraction of sp³-hybridized carbons (Fsp3) is 0.643. The predicted molar refractivity (Wildman–Crippen MR) is 69.1 cm³/mol. The second-order valence-corrected chi connectivity index (χ2v) is 6.95. The average Bonchev–Trinajstić information content (AvgIpc) is 2.61. The lowest BCUT2D eigenvalue weighted by atomic mass is 9.79. The lowest BCUT2D eigenvalue weighted by Gasteiger charge is -2.25. The van der Waals surface area contributed by atoms with E-state index in [9.17, 15) is 4.79 Å². The second-order valence-electron chi connectivity index (χ2n) is 5.95. The Morgan fingerprint density at radius 3 is 2.94 bits per heavy atom. The maximum absolute atomic E-state index is 12.3. The Bertz CT molecular complexity index is 384. The molecule has 0 bridgehead atoms. The summed E-state index contributed by atoms with van der Waals surface area (Å²) >= 11 is 1.81. The topological polar surface area (TPSA) is 17.1 Å². The van der Waals surface area contributed by atoms with Gasteiger partial charge in [0.05, 0.1) is 0 Å². The Labute approximate surface area is 102 Å². The van der Waals surface area contributed by atoms with Crippen molar-refractivity contribution in [1.82, 2.24) is 0 Å². The van der Waals surface area contributed by atoms with Crippen LogP contribution in [0.4, 0.5) is 0 Å². The van der Waals surface area contributed by atoms with Gasteiger partial charge >= 0.3 is 0 Å². The van der Waals surface area contributed by atoms with E-state index in [4.69, 9.17) is 0 Å². The number of fused-ring (bicyclic) bond motifs is 1. The number of aryl methyl sites for hydroxylation is 1. The molecule has 16 heavy (non-hydrogen) atoms. The monoisotopic (exact) mass is 236 g/mol. The maximum Gasteiger partial charge on any atom is 0.140 e. The Balaban J connectivity index is 2.15. The first-order chi connectivity index (χ1) is 7.47. The highest BCUT2D eigenvalue weighted by atomic mass is 32.1. The molecule has 1 heterocycles. The highest BCUT2D eigenvalue weighted by Crippen LogP contribution is 2.37. The second kappa shape index (κ2) is 4.33. The minimum absolute atomic E-state index is 0.116. The molecule has 1 atom stereocenters. The van der Waals surface area contributed by atoms with Crippen LogP contribution in [0.5, 0.6) is 0 Å². The quantitative estimate of drug-likeness (QED) is 0.753. The van der Waals surface area contributed by atoms with Crippen molar-refractivity contribution in [3.63, 3.8) is 0 Å². The molecule has 2 rings (SSSR count). The van der Waals surface area contributed by atoms with Crippen molar-refractivity contribution in [2.24, 2.45) is 5.41 Å². The number of rotatable bonds is 2. The number of hydrogen-bond donors (Lipinski definition) is 0. The van der Waals surface area contributed by atoms with Crippen LogP contribution in [0.15, 0.2) is 11.4 Å². The minimum Gasteiger partial charge on any atom is -0.299 e. The van der Waals surface area contributed by atoms with Crippen molar-refractivity contribution in [2.75, 3.05) is 0 Å². The molecule has 0 fully saturated rings. The van der Waals surface area contributed by atoms with E-state index < -0.39 is 0 Å². The Hall–Kier alpha value is -0.630. The summed E-state index contributed by atoms with van der Waals surface area (Å²) in [7, 11) is 0. The third-order valence-electron chi connectivity index (χ3n) is 3.15. The van der Waals surface area contributed by atoms with E-state index in [1.165, 1.54) is 23.3 Å². The SMILES string of the molecule is CC(C)(C)CC(=O)C1CCCc2sccc21. The Morgan fingerprint density at radius 1 is 1.50 bits per heavy atom. The number of hydrogen-bond acceptors (Lipinski definition) is 2. The van der Waals surface area contributed by atoms with Crippen molar-refractivity contribution in [3.05, 3.63) is 21.9 Å². The number of carbonyl (C=O) groups is 1. The molecule has 0 aliphatic heterocycles. The van der Waals surface area contributed by atoms with E-state index in [-0.39, 0.29) is 11.3 Å². The van der Waals surface area contributed by atoms with Gasteiger partial charge in [0, 0.05) is 17.2 Å². The van der Waals surface area contributed by atoms with Gasteiger partial charge in [-0.25, -0.2) is 0 Å². The Morgan fingerprint density at radius 2 is 2.25 bits per heavy atom. The van der Waals surface area contributed by atoms with Gasteiger partial charge in [-0.3, -0.25) is 4.79 Å². The van der Waals surface area contributed by atoms with Crippen molar-refractivity contribution < 1.29 is 4.79 Å². The molecule has 1 aromatic heterocycles. The molecule has 1 nitrogen and oxygen atoms in total. The first kappa shape index (κ1) is 11.8. The van der Waals surface area contributed by atoms with Crippen molar-refractivity contribution in [1.29, 1.82) is 0 Å². The molecular formula is C14H20OS. The van der Waals surface area contributed by atoms with Gasteiger partial charge in [0.1, 0.15) is 5.78 Å². The third-order valence-corrected chi connectivity index (χ3v) is 4.14. The highest BCUT2D eigenvalue weighted by molar-refractivity contribution is 7.10. The zero-order valence-corrected chi connectivity index (χ0v) is 11.2.